The number of hydrogen-bond acceptors (Lipinski definition) is 5. The molecule has 0 unspecified atom stereocenters. The van der Waals surface area contributed by atoms with Crippen LogP contribution in [-0.4, -0.2) is 53.8 Å². The molecule has 2 heterocycles. The summed E-state index contributed by atoms with van der Waals surface area (Å²) in [5.74, 6) is 1.40. The van der Waals surface area contributed by atoms with Gasteiger partial charge in [-0.15, -0.1) is 0 Å². The van der Waals surface area contributed by atoms with Crippen molar-refractivity contribution in [2.24, 2.45) is 5.73 Å². The molecular weight excluding hydrogens is 369 g/mol. The molecule has 0 amide bonds. The van der Waals surface area contributed by atoms with E-state index in [0.29, 0.717) is 19.1 Å². The minimum atomic E-state index is -0.225. The van der Waals surface area contributed by atoms with Gasteiger partial charge in [0.25, 0.3) is 0 Å². The summed E-state index contributed by atoms with van der Waals surface area (Å²) in [6.45, 7) is 4.36. The maximum Gasteiger partial charge on any atom is 0.204 e. The third-order valence-corrected chi connectivity index (χ3v) is 5.58. The van der Waals surface area contributed by atoms with Crippen LogP contribution >= 0.6 is 0 Å². The zero-order chi connectivity index (χ0) is 20.2. The molecule has 6 nitrogen and oxygen atoms in total. The summed E-state index contributed by atoms with van der Waals surface area (Å²) >= 11 is 0. The van der Waals surface area contributed by atoms with E-state index in [2.05, 4.69) is 14.8 Å². The molecule has 1 aliphatic rings. The summed E-state index contributed by atoms with van der Waals surface area (Å²) in [5.41, 5.74) is 8.62. The number of halogens is 1. The molecule has 3 N–H and O–H groups in total. The molecule has 1 aromatic heterocycles. The second-order valence-corrected chi connectivity index (χ2v) is 7.55. The number of benzene rings is 2. The molecule has 0 saturated carbocycles. The van der Waals surface area contributed by atoms with Crippen molar-refractivity contribution in [3.05, 3.63) is 53.8 Å². The van der Waals surface area contributed by atoms with Crippen LogP contribution in [0.2, 0.25) is 0 Å². The lowest BCUT2D eigenvalue weighted by Gasteiger charge is -2.32. The van der Waals surface area contributed by atoms with Crippen LogP contribution in [0, 0.1) is 5.82 Å². The number of piperidine rings is 1. The SMILES string of the molecule is COc1ccc2c(c1)nc(NC1CCN(CCN)CC1)n2Cc1ccc(F)cc1. The second-order valence-electron chi connectivity index (χ2n) is 7.55. The van der Waals surface area contributed by atoms with Gasteiger partial charge in [-0.2, -0.15) is 0 Å². The molecule has 4 rings (SSSR count). The number of nitrogens with zero attached hydrogens (tertiary/aromatic N) is 3. The van der Waals surface area contributed by atoms with Gasteiger partial charge >= 0.3 is 0 Å². The summed E-state index contributed by atoms with van der Waals surface area (Å²) in [5, 5.41) is 3.65. The highest BCUT2D eigenvalue weighted by Gasteiger charge is 2.21. The van der Waals surface area contributed by atoms with Crippen molar-refractivity contribution < 1.29 is 9.13 Å². The van der Waals surface area contributed by atoms with Crippen LogP contribution in [0.15, 0.2) is 42.5 Å². The highest BCUT2D eigenvalue weighted by atomic mass is 19.1. The maximum absolute atomic E-state index is 13.3. The van der Waals surface area contributed by atoms with Crippen molar-refractivity contribution in [3.8, 4) is 5.75 Å². The van der Waals surface area contributed by atoms with Crippen molar-refractivity contribution in [1.82, 2.24) is 14.5 Å². The zero-order valence-corrected chi connectivity index (χ0v) is 16.8. The van der Waals surface area contributed by atoms with Gasteiger partial charge in [-0.1, -0.05) is 12.1 Å². The minimum Gasteiger partial charge on any atom is -0.497 e. The molecule has 1 fully saturated rings. The molecule has 154 valence electrons. The first kappa shape index (κ1) is 19.7. The maximum atomic E-state index is 13.3. The normalized spacial score (nSPS) is 15.7. The highest BCUT2D eigenvalue weighted by molar-refractivity contribution is 5.80. The first-order valence-electron chi connectivity index (χ1n) is 10.1. The van der Waals surface area contributed by atoms with Crippen LogP contribution in [0.25, 0.3) is 11.0 Å². The Hall–Kier alpha value is -2.64. The molecule has 0 radical (unpaired) electrons. The number of likely N-dealkylation sites (tertiary alicyclic amines) is 1. The van der Waals surface area contributed by atoms with E-state index in [1.165, 1.54) is 12.1 Å². The fourth-order valence-electron chi connectivity index (χ4n) is 3.95. The minimum absolute atomic E-state index is 0.225. The summed E-state index contributed by atoms with van der Waals surface area (Å²) in [6, 6.07) is 12.9. The summed E-state index contributed by atoms with van der Waals surface area (Å²) in [7, 11) is 1.66. The molecular formula is C22H28FN5O. The lowest BCUT2D eigenvalue weighted by Crippen LogP contribution is -2.41. The molecule has 3 aromatic rings. The Kier molecular flexibility index (Phi) is 5.97. The number of nitrogens with two attached hydrogens (primary N) is 1. The molecule has 7 heteroatoms. The lowest BCUT2D eigenvalue weighted by atomic mass is 10.1. The second kappa shape index (κ2) is 8.80. The van der Waals surface area contributed by atoms with Gasteiger partial charge in [0, 0.05) is 38.3 Å². The molecule has 29 heavy (non-hydrogen) atoms. The Balaban J connectivity index is 1.60. The van der Waals surface area contributed by atoms with Gasteiger partial charge in [-0.05, 0) is 42.7 Å². The first-order valence-corrected chi connectivity index (χ1v) is 10.1. The number of fused-ring (bicyclic) bond motifs is 1. The van der Waals surface area contributed by atoms with Gasteiger partial charge in [0.2, 0.25) is 5.95 Å². The molecule has 0 bridgehead atoms. The van der Waals surface area contributed by atoms with Crippen molar-refractivity contribution in [1.29, 1.82) is 0 Å². The van der Waals surface area contributed by atoms with Crippen LogP contribution in [0.5, 0.6) is 5.75 Å². The molecule has 2 aromatic carbocycles. The summed E-state index contributed by atoms with van der Waals surface area (Å²) in [4.78, 5) is 7.26. The third-order valence-electron chi connectivity index (χ3n) is 5.58. The van der Waals surface area contributed by atoms with E-state index < -0.39 is 0 Å². The van der Waals surface area contributed by atoms with Gasteiger partial charge in [0.1, 0.15) is 11.6 Å². The van der Waals surface area contributed by atoms with E-state index in [1.54, 1.807) is 7.11 Å². The standard InChI is InChI=1S/C22H28FN5O/c1-29-19-6-7-21-20(14-19)26-22(25-18-8-11-27(12-9-18)13-10-24)28(21)15-16-2-4-17(23)5-3-16/h2-7,14,18H,8-13,15,24H2,1H3,(H,25,26). The molecule has 1 saturated heterocycles. The lowest BCUT2D eigenvalue weighted by molar-refractivity contribution is 0.224. The first-order chi connectivity index (χ1) is 14.2. The average molecular weight is 397 g/mol. The third kappa shape index (κ3) is 4.52. The van der Waals surface area contributed by atoms with Crippen LogP contribution < -0.4 is 15.8 Å². The van der Waals surface area contributed by atoms with Gasteiger partial charge < -0.3 is 25.3 Å². The Morgan fingerprint density at radius 1 is 1.17 bits per heavy atom. The molecule has 0 atom stereocenters. The van der Waals surface area contributed by atoms with Gasteiger partial charge in [-0.25, -0.2) is 9.37 Å². The predicted octanol–water partition coefficient (Wildman–Crippen LogP) is 3.07. The number of hydrogen-bond donors (Lipinski definition) is 2. The van der Waals surface area contributed by atoms with Crippen molar-refractivity contribution >= 4 is 17.0 Å². The average Bonchev–Trinajstić information content (AvgIpc) is 3.07. The highest BCUT2D eigenvalue weighted by Crippen LogP contribution is 2.27. The monoisotopic (exact) mass is 397 g/mol. The molecule has 0 aliphatic carbocycles. The quantitative estimate of drug-likeness (QED) is 0.641. The number of aromatic nitrogens is 2. The van der Waals surface area contributed by atoms with Gasteiger partial charge in [0.05, 0.1) is 24.7 Å². The fourth-order valence-corrected chi connectivity index (χ4v) is 3.95. The largest absolute Gasteiger partial charge is 0.497 e. The molecule has 1 aliphatic heterocycles. The van der Waals surface area contributed by atoms with E-state index in [-0.39, 0.29) is 5.82 Å². The van der Waals surface area contributed by atoms with Crippen LogP contribution in [0.4, 0.5) is 10.3 Å². The van der Waals surface area contributed by atoms with E-state index >= 15 is 0 Å². The number of imidazole rings is 1. The Labute approximate surface area is 170 Å². The van der Waals surface area contributed by atoms with E-state index in [4.69, 9.17) is 15.5 Å². The van der Waals surface area contributed by atoms with Gasteiger partial charge in [0.15, 0.2) is 0 Å². The Morgan fingerprint density at radius 2 is 1.93 bits per heavy atom. The van der Waals surface area contributed by atoms with Crippen LogP contribution in [0.3, 0.4) is 0 Å². The summed E-state index contributed by atoms with van der Waals surface area (Å²) in [6.07, 6.45) is 2.12. The van der Waals surface area contributed by atoms with Crippen molar-refractivity contribution in [2.75, 3.05) is 38.6 Å². The predicted molar refractivity (Wildman–Crippen MR) is 114 cm³/mol. The van der Waals surface area contributed by atoms with Crippen molar-refractivity contribution in [3.63, 3.8) is 0 Å². The number of anilines is 1. The van der Waals surface area contributed by atoms with Crippen molar-refractivity contribution in [2.45, 2.75) is 25.4 Å². The fraction of sp³-hybridized carbons (Fsp3) is 0.409. The zero-order valence-electron chi connectivity index (χ0n) is 16.8. The van der Waals surface area contributed by atoms with E-state index in [1.807, 2.05) is 30.3 Å². The number of methoxy groups -OCH3 is 1. The topological polar surface area (TPSA) is 68.3 Å². The Bertz CT molecular complexity index is 948. The Morgan fingerprint density at radius 3 is 2.62 bits per heavy atom. The van der Waals surface area contributed by atoms with Crippen LogP contribution in [0.1, 0.15) is 18.4 Å². The molecule has 0 spiro atoms. The number of ether oxygens (including phenoxy) is 1. The number of rotatable bonds is 7. The number of nitrogens with one attached hydrogen (secondary N) is 1. The summed E-state index contributed by atoms with van der Waals surface area (Å²) < 4.78 is 20.8. The van der Waals surface area contributed by atoms with Crippen LogP contribution in [-0.2, 0) is 6.54 Å². The van der Waals surface area contributed by atoms with Gasteiger partial charge in [-0.3, -0.25) is 0 Å². The van der Waals surface area contributed by atoms with E-state index in [0.717, 1.165) is 60.8 Å². The smallest absolute Gasteiger partial charge is 0.204 e. The van der Waals surface area contributed by atoms with E-state index in [9.17, 15) is 4.39 Å².